The molecule has 2 nitrogen and oxygen atoms in total. The minimum absolute atomic E-state index is 0.267. The number of ketones is 1. The second-order valence-corrected chi connectivity index (χ2v) is 4.67. The highest BCUT2D eigenvalue weighted by Crippen LogP contribution is 2.15. The molecule has 0 N–H and O–H groups in total. The van der Waals surface area contributed by atoms with E-state index >= 15 is 0 Å². The fourth-order valence-corrected chi connectivity index (χ4v) is 2.13. The summed E-state index contributed by atoms with van der Waals surface area (Å²) < 4.78 is 5.23. The molecule has 1 aromatic carbocycles. The fourth-order valence-electron chi connectivity index (χ4n) is 2.13. The summed E-state index contributed by atoms with van der Waals surface area (Å²) in [4.78, 5) is 12.0. The fraction of sp³-hybridized carbons (Fsp3) is 0.312. The van der Waals surface area contributed by atoms with Crippen molar-refractivity contribution >= 4 is 5.78 Å². The molecule has 0 aliphatic rings. The van der Waals surface area contributed by atoms with Crippen molar-refractivity contribution in [2.75, 3.05) is 0 Å². The van der Waals surface area contributed by atoms with Gasteiger partial charge in [-0.1, -0.05) is 18.2 Å². The van der Waals surface area contributed by atoms with Crippen LogP contribution in [0.2, 0.25) is 0 Å². The van der Waals surface area contributed by atoms with Crippen molar-refractivity contribution in [3.63, 3.8) is 0 Å². The van der Waals surface area contributed by atoms with Crippen LogP contribution in [0.3, 0.4) is 0 Å². The summed E-state index contributed by atoms with van der Waals surface area (Å²) in [5.74, 6) is 1.15. The van der Waals surface area contributed by atoms with Gasteiger partial charge in [-0.15, -0.1) is 0 Å². The van der Waals surface area contributed by atoms with Crippen LogP contribution < -0.4 is 0 Å². The number of Topliss-reactive ketones (excluding diaryl/α,β-unsaturated/α-hetero) is 1. The molecule has 0 radical (unpaired) electrons. The van der Waals surface area contributed by atoms with Crippen molar-refractivity contribution in [1.29, 1.82) is 0 Å². The lowest BCUT2D eigenvalue weighted by Gasteiger charge is -2.08. The SMILES string of the molecule is Cc1cccc(C)c1CC(=O)CCc1ccco1. The smallest absolute Gasteiger partial charge is 0.137 e. The van der Waals surface area contributed by atoms with Crippen LogP contribution in [0.4, 0.5) is 0 Å². The van der Waals surface area contributed by atoms with E-state index in [1.165, 1.54) is 16.7 Å². The Kier molecular flexibility index (Phi) is 3.98. The Bertz CT molecular complexity index is 504. The van der Waals surface area contributed by atoms with Crippen LogP contribution in [-0.2, 0) is 17.6 Å². The Hall–Kier alpha value is -1.83. The van der Waals surface area contributed by atoms with Gasteiger partial charge < -0.3 is 4.42 Å². The minimum Gasteiger partial charge on any atom is -0.469 e. The number of carbonyl (C=O) groups excluding carboxylic acids is 1. The molecule has 1 heterocycles. The lowest BCUT2D eigenvalue weighted by Crippen LogP contribution is -2.06. The largest absolute Gasteiger partial charge is 0.469 e. The van der Waals surface area contributed by atoms with Crippen molar-refractivity contribution < 1.29 is 9.21 Å². The predicted molar refractivity (Wildman–Crippen MR) is 71.7 cm³/mol. The average Bonchev–Trinajstić information content (AvgIpc) is 2.84. The molecule has 0 bridgehead atoms. The van der Waals surface area contributed by atoms with Gasteiger partial charge in [0.25, 0.3) is 0 Å². The van der Waals surface area contributed by atoms with Crippen LogP contribution in [0, 0.1) is 13.8 Å². The molecule has 0 saturated heterocycles. The summed E-state index contributed by atoms with van der Waals surface area (Å²) in [6.45, 7) is 4.12. The molecule has 1 aromatic heterocycles. The van der Waals surface area contributed by atoms with Crippen molar-refractivity contribution in [3.8, 4) is 0 Å². The van der Waals surface area contributed by atoms with Gasteiger partial charge in [0.05, 0.1) is 6.26 Å². The normalized spacial score (nSPS) is 10.6. The van der Waals surface area contributed by atoms with Gasteiger partial charge in [-0.3, -0.25) is 4.79 Å². The Morgan fingerprint density at radius 3 is 2.44 bits per heavy atom. The lowest BCUT2D eigenvalue weighted by atomic mass is 9.96. The molecular weight excluding hydrogens is 224 g/mol. The molecular formula is C16H18O2. The molecule has 0 spiro atoms. The molecule has 0 atom stereocenters. The zero-order valence-corrected chi connectivity index (χ0v) is 10.9. The number of furan rings is 1. The zero-order chi connectivity index (χ0) is 13.0. The molecule has 2 heteroatoms. The number of rotatable bonds is 5. The van der Waals surface area contributed by atoms with Crippen molar-refractivity contribution in [1.82, 2.24) is 0 Å². The van der Waals surface area contributed by atoms with Gasteiger partial charge in [0.15, 0.2) is 0 Å². The molecule has 0 amide bonds. The van der Waals surface area contributed by atoms with E-state index in [1.807, 2.05) is 18.2 Å². The molecule has 0 aliphatic carbocycles. The summed E-state index contributed by atoms with van der Waals surface area (Å²) in [6.07, 6.45) is 3.41. The van der Waals surface area contributed by atoms with E-state index in [0.717, 1.165) is 5.76 Å². The topological polar surface area (TPSA) is 30.2 Å². The summed E-state index contributed by atoms with van der Waals surface area (Å²) in [7, 11) is 0. The van der Waals surface area contributed by atoms with Crippen LogP contribution in [0.15, 0.2) is 41.0 Å². The van der Waals surface area contributed by atoms with Gasteiger partial charge in [-0.05, 0) is 42.7 Å². The second-order valence-electron chi connectivity index (χ2n) is 4.67. The Morgan fingerprint density at radius 2 is 1.83 bits per heavy atom. The van der Waals surface area contributed by atoms with E-state index in [1.54, 1.807) is 6.26 Å². The van der Waals surface area contributed by atoms with E-state index in [0.29, 0.717) is 19.3 Å². The first-order valence-corrected chi connectivity index (χ1v) is 6.26. The molecule has 94 valence electrons. The van der Waals surface area contributed by atoms with Gasteiger partial charge in [0.1, 0.15) is 11.5 Å². The highest BCUT2D eigenvalue weighted by atomic mass is 16.3. The van der Waals surface area contributed by atoms with Crippen molar-refractivity contribution in [3.05, 3.63) is 59.0 Å². The summed E-state index contributed by atoms with van der Waals surface area (Å²) in [5.41, 5.74) is 3.56. The van der Waals surface area contributed by atoms with Gasteiger partial charge in [0, 0.05) is 19.3 Å². The Labute approximate surface area is 108 Å². The van der Waals surface area contributed by atoms with Crippen molar-refractivity contribution in [2.45, 2.75) is 33.1 Å². The van der Waals surface area contributed by atoms with E-state index in [9.17, 15) is 4.79 Å². The lowest BCUT2D eigenvalue weighted by molar-refractivity contribution is -0.118. The Balaban J connectivity index is 1.95. The minimum atomic E-state index is 0.267. The van der Waals surface area contributed by atoms with Crippen LogP contribution in [-0.4, -0.2) is 5.78 Å². The molecule has 0 aliphatic heterocycles. The number of hydrogen-bond acceptors (Lipinski definition) is 2. The maximum absolute atomic E-state index is 12.0. The molecule has 0 unspecified atom stereocenters. The van der Waals surface area contributed by atoms with Gasteiger partial charge in [0.2, 0.25) is 0 Å². The molecule has 18 heavy (non-hydrogen) atoms. The van der Waals surface area contributed by atoms with Gasteiger partial charge in [-0.2, -0.15) is 0 Å². The number of carbonyl (C=O) groups is 1. The maximum atomic E-state index is 12.0. The standard InChI is InChI=1S/C16H18O2/c1-12-5-3-6-13(2)16(12)11-14(17)8-9-15-7-4-10-18-15/h3-7,10H,8-9,11H2,1-2H3. The van der Waals surface area contributed by atoms with Crippen molar-refractivity contribution in [2.24, 2.45) is 0 Å². The van der Waals surface area contributed by atoms with E-state index in [4.69, 9.17) is 4.42 Å². The first-order chi connectivity index (χ1) is 8.66. The van der Waals surface area contributed by atoms with Crippen LogP contribution >= 0.6 is 0 Å². The summed E-state index contributed by atoms with van der Waals surface area (Å²) >= 11 is 0. The highest BCUT2D eigenvalue weighted by molar-refractivity contribution is 5.81. The first-order valence-electron chi connectivity index (χ1n) is 6.26. The van der Waals surface area contributed by atoms with E-state index in [2.05, 4.69) is 26.0 Å². The molecule has 2 aromatic rings. The monoisotopic (exact) mass is 242 g/mol. The highest BCUT2D eigenvalue weighted by Gasteiger charge is 2.09. The van der Waals surface area contributed by atoms with Crippen LogP contribution in [0.5, 0.6) is 0 Å². The third-order valence-electron chi connectivity index (χ3n) is 3.25. The summed E-state index contributed by atoms with van der Waals surface area (Å²) in [5, 5.41) is 0. The van der Waals surface area contributed by atoms with Crippen LogP contribution in [0.1, 0.15) is 28.9 Å². The molecule has 0 saturated carbocycles. The maximum Gasteiger partial charge on any atom is 0.137 e. The third-order valence-corrected chi connectivity index (χ3v) is 3.25. The number of benzene rings is 1. The predicted octanol–water partition coefficient (Wildman–Crippen LogP) is 3.64. The van der Waals surface area contributed by atoms with E-state index in [-0.39, 0.29) is 5.78 Å². The van der Waals surface area contributed by atoms with Crippen LogP contribution in [0.25, 0.3) is 0 Å². The average molecular weight is 242 g/mol. The molecule has 2 rings (SSSR count). The van der Waals surface area contributed by atoms with Gasteiger partial charge >= 0.3 is 0 Å². The first kappa shape index (κ1) is 12.6. The third kappa shape index (κ3) is 3.10. The van der Waals surface area contributed by atoms with E-state index < -0.39 is 0 Å². The Morgan fingerprint density at radius 1 is 1.11 bits per heavy atom. The summed E-state index contributed by atoms with van der Waals surface area (Å²) in [6, 6.07) is 9.91. The van der Waals surface area contributed by atoms with Gasteiger partial charge in [-0.25, -0.2) is 0 Å². The molecule has 0 fully saturated rings. The number of hydrogen-bond donors (Lipinski definition) is 0. The zero-order valence-electron chi connectivity index (χ0n) is 10.9. The number of aryl methyl sites for hydroxylation is 3. The quantitative estimate of drug-likeness (QED) is 0.801. The second kappa shape index (κ2) is 5.67.